The molecule has 0 spiro atoms. The Bertz CT molecular complexity index is 1090. The first-order valence-electron chi connectivity index (χ1n) is 11.6. The van der Waals surface area contributed by atoms with Crippen LogP contribution in [0.25, 0.3) is 11.1 Å². The van der Waals surface area contributed by atoms with Crippen molar-refractivity contribution in [3.63, 3.8) is 0 Å². The second-order valence-corrected chi connectivity index (χ2v) is 9.32. The molecule has 178 valence electrons. The van der Waals surface area contributed by atoms with Crippen molar-refractivity contribution < 1.29 is 24.2 Å². The molecular weight excluding hydrogens is 432 g/mol. The zero-order valence-electron chi connectivity index (χ0n) is 19.5. The Kier molecular flexibility index (Phi) is 6.72. The summed E-state index contributed by atoms with van der Waals surface area (Å²) in [5, 5.41) is 14.6. The summed E-state index contributed by atoms with van der Waals surface area (Å²) in [7, 11) is 0. The number of carboxylic acid groups (broad SMARTS) is 1. The maximum atomic E-state index is 12.8. The molecule has 2 amide bonds. The first kappa shape index (κ1) is 23.5. The second kappa shape index (κ2) is 9.71. The van der Waals surface area contributed by atoms with Gasteiger partial charge in [-0.15, -0.1) is 0 Å². The maximum Gasteiger partial charge on any atom is 0.407 e. The van der Waals surface area contributed by atoms with Crippen LogP contribution >= 0.6 is 0 Å². The van der Waals surface area contributed by atoms with Gasteiger partial charge in [-0.2, -0.15) is 0 Å². The minimum absolute atomic E-state index is 0.0297. The number of aliphatic carboxylic acids is 1. The first-order valence-corrected chi connectivity index (χ1v) is 11.6. The highest BCUT2D eigenvalue weighted by Crippen LogP contribution is 2.45. The summed E-state index contributed by atoms with van der Waals surface area (Å²) < 4.78 is 5.68. The molecule has 2 aliphatic carbocycles. The molecule has 34 heavy (non-hydrogen) atoms. The van der Waals surface area contributed by atoms with E-state index in [0.29, 0.717) is 0 Å². The van der Waals surface area contributed by atoms with Gasteiger partial charge in [0, 0.05) is 24.5 Å². The normalized spacial score (nSPS) is 16.7. The standard InChI is InChI=1S/C27H30N2O5/c1-17(25(31)32)13-14-28-24(30)15-27(2,18-11-12-18)29-26(33)34-16-23-21-9-5-3-7-19(21)20-8-4-6-10-22(20)23/h3-10,13,18,23H,11-12,14-16H2,1-2H3,(H,28,30)(H,29,33)(H,31,32)/b17-13+. The van der Waals surface area contributed by atoms with E-state index in [1.54, 1.807) is 0 Å². The summed E-state index contributed by atoms with van der Waals surface area (Å²) in [5.74, 6) is -1.09. The molecule has 4 rings (SSSR count). The Balaban J connectivity index is 1.36. The van der Waals surface area contributed by atoms with E-state index in [4.69, 9.17) is 9.84 Å². The molecule has 0 saturated heterocycles. The lowest BCUT2D eigenvalue weighted by Gasteiger charge is -2.30. The Labute approximate surface area is 199 Å². The van der Waals surface area contributed by atoms with E-state index in [2.05, 4.69) is 34.9 Å². The van der Waals surface area contributed by atoms with E-state index in [1.165, 1.54) is 24.1 Å². The van der Waals surface area contributed by atoms with Crippen molar-refractivity contribution in [3.8, 4) is 11.1 Å². The summed E-state index contributed by atoms with van der Waals surface area (Å²) in [5.41, 5.74) is 4.06. The van der Waals surface area contributed by atoms with Crippen molar-refractivity contribution in [1.29, 1.82) is 0 Å². The average Bonchev–Trinajstić information content (AvgIpc) is 3.62. The van der Waals surface area contributed by atoms with Gasteiger partial charge in [0.25, 0.3) is 0 Å². The van der Waals surface area contributed by atoms with E-state index in [9.17, 15) is 14.4 Å². The van der Waals surface area contributed by atoms with Gasteiger partial charge in [-0.25, -0.2) is 9.59 Å². The fourth-order valence-corrected chi connectivity index (χ4v) is 4.68. The summed E-state index contributed by atoms with van der Waals surface area (Å²) in [6.45, 7) is 3.68. The van der Waals surface area contributed by atoms with E-state index in [-0.39, 0.29) is 42.9 Å². The third-order valence-electron chi connectivity index (χ3n) is 6.78. The minimum atomic E-state index is -1.02. The highest BCUT2D eigenvalue weighted by Gasteiger charge is 2.44. The van der Waals surface area contributed by atoms with Gasteiger partial charge in [0.2, 0.25) is 5.91 Å². The van der Waals surface area contributed by atoms with Crippen LogP contribution in [0.2, 0.25) is 0 Å². The number of carboxylic acids is 1. The third-order valence-corrected chi connectivity index (χ3v) is 6.78. The lowest BCUT2D eigenvalue weighted by Crippen LogP contribution is -2.51. The highest BCUT2D eigenvalue weighted by molar-refractivity contribution is 5.86. The van der Waals surface area contributed by atoms with Crippen molar-refractivity contribution in [2.75, 3.05) is 13.2 Å². The Hall–Kier alpha value is -3.61. The summed E-state index contributed by atoms with van der Waals surface area (Å²) in [6.07, 6.45) is 2.89. The lowest BCUT2D eigenvalue weighted by molar-refractivity contribution is -0.132. The van der Waals surface area contributed by atoms with Gasteiger partial charge in [-0.05, 0) is 54.9 Å². The van der Waals surface area contributed by atoms with Gasteiger partial charge < -0.3 is 20.5 Å². The number of rotatable bonds is 9. The summed E-state index contributed by atoms with van der Waals surface area (Å²) in [6, 6.07) is 16.3. The number of hydrogen-bond acceptors (Lipinski definition) is 4. The number of carbonyl (C=O) groups is 3. The Morgan fingerprint density at radius 3 is 2.21 bits per heavy atom. The largest absolute Gasteiger partial charge is 0.478 e. The van der Waals surface area contributed by atoms with Crippen molar-refractivity contribution >= 4 is 18.0 Å². The molecule has 7 heteroatoms. The molecule has 2 aromatic rings. The van der Waals surface area contributed by atoms with Crippen LogP contribution in [-0.2, 0) is 14.3 Å². The first-order chi connectivity index (χ1) is 16.3. The van der Waals surface area contributed by atoms with Crippen LogP contribution in [0.4, 0.5) is 4.79 Å². The van der Waals surface area contributed by atoms with Crippen molar-refractivity contribution in [1.82, 2.24) is 10.6 Å². The molecule has 3 N–H and O–H groups in total. The number of amides is 2. The molecule has 0 aromatic heterocycles. The highest BCUT2D eigenvalue weighted by atomic mass is 16.5. The molecule has 0 aliphatic heterocycles. The number of nitrogens with one attached hydrogen (secondary N) is 2. The Morgan fingerprint density at radius 2 is 1.65 bits per heavy atom. The van der Waals surface area contributed by atoms with Gasteiger partial charge in [-0.3, -0.25) is 4.79 Å². The van der Waals surface area contributed by atoms with Crippen molar-refractivity contribution in [2.45, 2.75) is 44.6 Å². The Morgan fingerprint density at radius 1 is 1.06 bits per heavy atom. The molecular formula is C27H30N2O5. The molecule has 1 saturated carbocycles. The zero-order valence-corrected chi connectivity index (χ0v) is 19.5. The molecule has 0 bridgehead atoms. The number of fused-ring (bicyclic) bond motifs is 3. The fraction of sp³-hybridized carbons (Fsp3) is 0.370. The second-order valence-electron chi connectivity index (χ2n) is 9.32. The number of carbonyl (C=O) groups excluding carboxylic acids is 2. The molecule has 2 aromatic carbocycles. The van der Waals surface area contributed by atoms with Crippen molar-refractivity contribution in [3.05, 3.63) is 71.3 Å². The molecule has 0 radical (unpaired) electrons. The average molecular weight is 463 g/mol. The fourth-order valence-electron chi connectivity index (χ4n) is 4.68. The van der Waals surface area contributed by atoms with Crippen LogP contribution < -0.4 is 10.6 Å². The topological polar surface area (TPSA) is 105 Å². The van der Waals surface area contributed by atoms with Gasteiger partial charge in [0.05, 0.1) is 5.54 Å². The number of alkyl carbamates (subject to hydrolysis) is 1. The van der Waals surface area contributed by atoms with Gasteiger partial charge in [-0.1, -0.05) is 54.6 Å². The van der Waals surface area contributed by atoms with E-state index in [0.717, 1.165) is 24.0 Å². The molecule has 7 nitrogen and oxygen atoms in total. The van der Waals surface area contributed by atoms with Gasteiger partial charge >= 0.3 is 12.1 Å². The SMILES string of the molecule is C/C(=C\CNC(=O)CC(C)(NC(=O)OCC1c2ccccc2-c2ccccc21)C1CC1)C(=O)O. The predicted octanol–water partition coefficient (Wildman–Crippen LogP) is 4.23. The molecule has 0 heterocycles. The minimum Gasteiger partial charge on any atom is -0.478 e. The zero-order chi connectivity index (χ0) is 24.3. The smallest absolute Gasteiger partial charge is 0.407 e. The summed E-state index contributed by atoms with van der Waals surface area (Å²) >= 11 is 0. The van der Waals surface area contributed by atoms with E-state index < -0.39 is 17.6 Å². The number of hydrogen-bond donors (Lipinski definition) is 3. The van der Waals surface area contributed by atoms with Crippen LogP contribution in [0.1, 0.15) is 50.2 Å². The van der Waals surface area contributed by atoms with E-state index >= 15 is 0 Å². The van der Waals surface area contributed by atoms with E-state index in [1.807, 2.05) is 31.2 Å². The lowest BCUT2D eigenvalue weighted by atomic mass is 9.91. The van der Waals surface area contributed by atoms with Crippen molar-refractivity contribution in [2.24, 2.45) is 5.92 Å². The molecule has 1 unspecified atom stereocenters. The predicted molar refractivity (Wildman–Crippen MR) is 128 cm³/mol. The molecule has 1 atom stereocenters. The summed E-state index contributed by atoms with van der Waals surface area (Å²) in [4.78, 5) is 36.2. The quantitative estimate of drug-likeness (QED) is 0.484. The van der Waals surface area contributed by atoms with Crippen LogP contribution in [0.15, 0.2) is 60.2 Å². The van der Waals surface area contributed by atoms with Crippen LogP contribution in [0.3, 0.4) is 0 Å². The van der Waals surface area contributed by atoms with Crippen LogP contribution in [0, 0.1) is 5.92 Å². The number of ether oxygens (including phenoxy) is 1. The molecule has 2 aliphatic rings. The maximum absolute atomic E-state index is 12.8. The van der Waals surface area contributed by atoms with Crippen LogP contribution in [-0.4, -0.2) is 41.8 Å². The van der Waals surface area contributed by atoms with Gasteiger partial charge in [0.1, 0.15) is 6.61 Å². The number of benzene rings is 2. The molecule has 1 fully saturated rings. The third kappa shape index (κ3) is 5.14. The van der Waals surface area contributed by atoms with Gasteiger partial charge in [0.15, 0.2) is 0 Å². The van der Waals surface area contributed by atoms with Crippen LogP contribution in [0.5, 0.6) is 0 Å². The monoisotopic (exact) mass is 462 g/mol.